The predicted molar refractivity (Wildman–Crippen MR) is 113 cm³/mol. The van der Waals surface area contributed by atoms with E-state index < -0.39 is 0 Å². The number of para-hydroxylation sites is 1. The summed E-state index contributed by atoms with van der Waals surface area (Å²) in [7, 11) is 2.21. The minimum Gasteiger partial charge on any atom is -0.373 e. The Labute approximate surface area is 166 Å². The van der Waals surface area contributed by atoms with Gasteiger partial charge in [0.15, 0.2) is 0 Å². The SMILES string of the molecule is CC1CC(c2ccccc2)C2(CN(C)c3ccccc32)C1c1ccc(F)cc1. The fourth-order valence-corrected chi connectivity index (χ4v) is 6.18. The van der Waals surface area contributed by atoms with E-state index in [1.807, 2.05) is 12.1 Å². The molecule has 3 aromatic carbocycles. The molecule has 0 N–H and O–H groups in total. The van der Waals surface area contributed by atoms with E-state index in [0.29, 0.717) is 17.8 Å². The van der Waals surface area contributed by atoms with Crippen molar-refractivity contribution in [2.45, 2.75) is 30.6 Å². The summed E-state index contributed by atoms with van der Waals surface area (Å²) in [5.74, 6) is 1.18. The average molecular weight is 371 g/mol. The lowest BCUT2D eigenvalue weighted by Crippen LogP contribution is -2.39. The Morgan fingerprint density at radius 1 is 0.857 bits per heavy atom. The van der Waals surface area contributed by atoms with Gasteiger partial charge in [-0.2, -0.15) is 0 Å². The van der Waals surface area contributed by atoms with E-state index in [1.54, 1.807) is 12.1 Å². The van der Waals surface area contributed by atoms with Crippen molar-refractivity contribution >= 4 is 5.69 Å². The topological polar surface area (TPSA) is 3.24 Å². The van der Waals surface area contributed by atoms with E-state index in [-0.39, 0.29) is 11.2 Å². The van der Waals surface area contributed by atoms with Crippen molar-refractivity contribution in [2.75, 3.05) is 18.5 Å². The molecule has 0 amide bonds. The van der Waals surface area contributed by atoms with Crippen molar-refractivity contribution in [3.05, 3.63) is 101 Å². The number of halogens is 1. The summed E-state index contributed by atoms with van der Waals surface area (Å²) >= 11 is 0. The second kappa shape index (κ2) is 6.48. The van der Waals surface area contributed by atoms with Gasteiger partial charge in [-0.3, -0.25) is 0 Å². The lowest BCUT2D eigenvalue weighted by molar-refractivity contribution is 0.356. The Bertz CT molecular complexity index is 981. The molecule has 0 saturated heterocycles. The lowest BCUT2D eigenvalue weighted by atomic mass is 9.64. The fourth-order valence-electron chi connectivity index (χ4n) is 6.18. The molecule has 1 saturated carbocycles. The number of nitrogens with zero attached hydrogens (tertiary/aromatic N) is 1. The molecule has 1 nitrogen and oxygen atoms in total. The molecule has 4 atom stereocenters. The number of benzene rings is 3. The monoisotopic (exact) mass is 371 g/mol. The van der Waals surface area contributed by atoms with Gasteiger partial charge in [-0.15, -0.1) is 0 Å². The van der Waals surface area contributed by atoms with Crippen LogP contribution < -0.4 is 4.90 Å². The van der Waals surface area contributed by atoms with Crippen molar-refractivity contribution in [1.82, 2.24) is 0 Å². The number of fused-ring (bicyclic) bond motifs is 2. The van der Waals surface area contributed by atoms with Crippen LogP contribution in [0.2, 0.25) is 0 Å². The van der Waals surface area contributed by atoms with Crippen LogP contribution in [0.3, 0.4) is 0 Å². The van der Waals surface area contributed by atoms with Crippen LogP contribution in [0.15, 0.2) is 78.9 Å². The van der Waals surface area contributed by atoms with E-state index in [4.69, 9.17) is 0 Å². The molecule has 1 fully saturated rings. The molecular formula is C26H26FN. The van der Waals surface area contributed by atoms with Crippen molar-refractivity contribution in [3.63, 3.8) is 0 Å². The molecule has 2 aliphatic rings. The van der Waals surface area contributed by atoms with Gasteiger partial charge in [0.05, 0.1) is 0 Å². The lowest BCUT2D eigenvalue weighted by Gasteiger charge is -2.39. The normalized spacial score (nSPS) is 28.7. The third-order valence-electron chi connectivity index (χ3n) is 7.10. The highest BCUT2D eigenvalue weighted by atomic mass is 19.1. The van der Waals surface area contributed by atoms with Gasteiger partial charge < -0.3 is 4.90 Å². The summed E-state index contributed by atoms with van der Waals surface area (Å²) in [6, 6.07) is 27.1. The van der Waals surface area contributed by atoms with E-state index in [9.17, 15) is 4.39 Å². The number of anilines is 1. The number of hydrogen-bond donors (Lipinski definition) is 0. The Kier molecular flexibility index (Phi) is 4.04. The summed E-state index contributed by atoms with van der Waals surface area (Å²) < 4.78 is 13.7. The van der Waals surface area contributed by atoms with Gasteiger partial charge in [-0.05, 0) is 59.1 Å². The summed E-state index contributed by atoms with van der Waals surface area (Å²) in [4.78, 5) is 2.42. The first-order chi connectivity index (χ1) is 13.6. The second-order valence-corrected chi connectivity index (χ2v) is 8.62. The molecule has 2 heteroatoms. The molecule has 1 spiro atoms. The summed E-state index contributed by atoms with van der Waals surface area (Å²) in [6.07, 6.45) is 1.15. The smallest absolute Gasteiger partial charge is 0.123 e. The molecule has 0 radical (unpaired) electrons. The first-order valence-electron chi connectivity index (χ1n) is 10.2. The van der Waals surface area contributed by atoms with Gasteiger partial charge in [-0.25, -0.2) is 4.39 Å². The maximum atomic E-state index is 13.7. The van der Waals surface area contributed by atoms with Gasteiger partial charge in [-0.1, -0.05) is 67.6 Å². The highest BCUT2D eigenvalue weighted by molar-refractivity contribution is 5.66. The quantitative estimate of drug-likeness (QED) is 0.524. The zero-order chi connectivity index (χ0) is 19.3. The van der Waals surface area contributed by atoms with Crippen LogP contribution in [0, 0.1) is 11.7 Å². The van der Waals surface area contributed by atoms with Crippen molar-refractivity contribution in [3.8, 4) is 0 Å². The molecule has 28 heavy (non-hydrogen) atoms. The van der Waals surface area contributed by atoms with E-state index in [0.717, 1.165) is 13.0 Å². The van der Waals surface area contributed by atoms with Crippen LogP contribution in [0.1, 0.15) is 41.9 Å². The van der Waals surface area contributed by atoms with Gasteiger partial charge in [0, 0.05) is 24.7 Å². The fraction of sp³-hybridized carbons (Fsp3) is 0.308. The molecule has 5 rings (SSSR count). The maximum absolute atomic E-state index is 13.7. The average Bonchev–Trinajstić information content (AvgIpc) is 3.18. The molecule has 3 aromatic rings. The molecule has 0 aromatic heterocycles. The van der Waals surface area contributed by atoms with Crippen molar-refractivity contribution in [1.29, 1.82) is 0 Å². The molecular weight excluding hydrogens is 345 g/mol. The molecule has 1 aliphatic heterocycles. The largest absolute Gasteiger partial charge is 0.373 e. The standard InChI is InChI=1S/C26H26FN/c1-18-16-23(19-8-4-3-5-9-19)26(25(18)20-12-14-21(27)15-13-20)17-28(2)24-11-7-6-10-22(24)26/h3-15,18,23,25H,16-17H2,1-2H3. The van der Waals surface area contributed by atoms with Crippen LogP contribution in [0.4, 0.5) is 10.1 Å². The zero-order valence-corrected chi connectivity index (χ0v) is 16.5. The third kappa shape index (κ3) is 2.44. The molecule has 0 bridgehead atoms. The Hall–Kier alpha value is -2.61. The maximum Gasteiger partial charge on any atom is 0.123 e. The first kappa shape index (κ1) is 17.5. The van der Waals surface area contributed by atoms with Crippen molar-refractivity contribution in [2.24, 2.45) is 5.92 Å². The zero-order valence-electron chi connectivity index (χ0n) is 16.5. The van der Waals surface area contributed by atoms with E-state index >= 15 is 0 Å². The van der Waals surface area contributed by atoms with Crippen LogP contribution in [-0.4, -0.2) is 13.6 Å². The number of hydrogen-bond acceptors (Lipinski definition) is 1. The first-order valence-corrected chi connectivity index (χ1v) is 10.2. The molecule has 142 valence electrons. The van der Waals surface area contributed by atoms with Crippen LogP contribution >= 0.6 is 0 Å². The molecule has 1 heterocycles. The Morgan fingerprint density at radius 2 is 1.54 bits per heavy atom. The van der Waals surface area contributed by atoms with Crippen LogP contribution in [-0.2, 0) is 5.41 Å². The van der Waals surface area contributed by atoms with Gasteiger partial charge >= 0.3 is 0 Å². The van der Waals surface area contributed by atoms with E-state index in [1.165, 1.54) is 22.4 Å². The van der Waals surface area contributed by atoms with E-state index in [2.05, 4.69) is 73.5 Å². The minimum atomic E-state index is -0.160. The highest BCUT2D eigenvalue weighted by Crippen LogP contribution is 2.64. The predicted octanol–water partition coefficient (Wildman–Crippen LogP) is 6.12. The molecule has 1 aliphatic carbocycles. The van der Waals surface area contributed by atoms with Crippen LogP contribution in [0.25, 0.3) is 0 Å². The van der Waals surface area contributed by atoms with Crippen LogP contribution in [0.5, 0.6) is 0 Å². The Balaban J connectivity index is 1.75. The van der Waals surface area contributed by atoms with Gasteiger partial charge in [0.25, 0.3) is 0 Å². The third-order valence-corrected chi connectivity index (χ3v) is 7.10. The second-order valence-electron chi connectivity index (χ2n) is 8.62. The highest BCUT2D eigenvalue weighted by Gasteiger charge is 2.59. The Morgan fingerprint density at radius 3 is 2.29 bits per heavy atom. The van der Waals surface area contributed by atoms with Gasteiger partial charge in [0.2, 0.25) is 0 Å². The van der Waals surface area contributed by atoms with Crippen molar-refractivity contribution < 1.29 is 4.39 Å². The summed E-state index contributed by atoms with van der Waals surface area (Å²) in [5.41, 5.74) is 5.47. The summed E-state index contributed by atoms with van der Waals surface area (Å²) in [6.45, 7) is 3.37. The number of rotatable bonds is 2. The minimum absolute atomic E-state index is 0.00391. The number of likely N-dealkylation sites (N-methyl/N-ethyl adjacent to an activating group) is 1. The summed E-state index contributed by atoms with van der Waals surface area (Å²) in [5, 5.41) is 0. The molecule has 4 unspecified atom stereocenters. The van der Waals surface area contributed by atoms with Gasteiger partial charge in [0.1, 0.15) is 5.82 Å².